The topological polar surface area (TPSA) is 62.2 Å². The van der Waals surface area contributed by atoms with E-state index in [1.54, 1.807) is 12.4 Å². The minimum absolute atomic E-state index is 0.172. The van der Waals surface area contributed by atoms with Crippen LogP contribution in [0, 0.1) is 0 Å². The van der Waals surface area contributed by atoms with Crippen molar-refractivity contribution >= 4 is 11.7 Å². The highest BCUT2D eigenvalue weighted by Gasteiger charge is 2.18. The summed E-state index contributed by atoms with van der Waals surface area (Å²) in [5.74, 6) is -0.764. The van der Waals surface area contributed by atoms with Crippen LogP contribution in [-0.2, 0) is 4.79 Å². The molecule has 0 aliphatic rings. The molecule has 82 valence electrons. The number of rotatable bonds is 5. The minimum atomic E-state index is -0.764. The predicted octanol–water partition coefficient (Wildman–Crippen LogP) is 2.14. The van der Waals surface area contributed by atoms with Crippen LogP contribution in [-0.4, -0.2) is 21.6 Å². The second-order valence-corrected chi connectivity index (χ2v) is 4.14. The van der Waals surface area contributed by atoms with Gasteiger partial charge >= 0.3 is 5.97 Å². The van der Waals surface area contributed by atoms with Gasteiger partial charge in [0.15, 0.2) is 0 Å². The Labute approximate surface area is 89.3 Å². The third-order valence-corrected chi connectivity index (χ3v) is 2.13. The molecule has 0 amide bonds. The van der Waals surface area contributed by atoms with Gasteiger partial charge in [-0.2, -0.15) is 0 Å². The minimum Gasteiger partial charge on any atom is -0.481 e. The fourth-order valence-electron chi connectivity index (χ4n) is 1.31. The highest BCUT2D eigenvalue weighted by molar-refractivity contribution is 5.66. The van der Waals surface area contributed by atoms with E-state index in [4.69, 9.17) is 5.11 Å². The van der Waals surface area contributed by atoms with E-state index in [9.17, 15) is 4.79 Å². The van der Waals surface area contributed by atoms with Gasteiger partial charge in [-0.3, -0.25) is 9.78 Å². The van der Waals surface area contributed by atoms with E-state index < -0.39 is 5.97 Å². The zero-order valence-corrected chi connectivity index (χ0v) is 9.03. The summed E-state index contributed by atoms with van der Waals surface area (Å²) < 4.78 is 0. The van der Waals surface area contributed by atoms with Crippen LogP contribution in [0.15, 0.2) is 24.5 Å². The second-order valence-electron chi connectivity index (χ2n) is 4.14. The highest BCUT2D eigenvalue weighted by Crippen LogP contribution is 2.18. The van der Waals surface area contributed by atoms with Crippen LogP contribution >= 0.6 is 0 Å². The van der Waals surface area contributed by atoms with Gasteiger partial charge in [0.05, 0.1) is 0 Å². The number of hydrogen-bond donors (Lipinski definition) is 2. The maximum Gasteiger partial charge on any atom is 0.303 e. The van der Waals surface area contributed by atoms with E-state index in [2.05, 4.69) is 10.3 Å². The van der Waals surface area contributed by atoms with Gasteiger partial charge in [0, 0.05) is 30.0 Å². The molecule has 1 rings (SSSR count). The van der Waals surface area contributed by atoms with Crippen LogP contribution < -0.4 is 5.32 Å². The van der Waals surface area contributed by atoms with E-state index in [1.165, 1.54) is 0 Å². The molecule has 1 heterocycles. The number of carboxylic acid groups (broad SMARTS) is 1. The number of aromatic nitrogens is 1. The average Bonchev–Trinajstić information content (AvgIpc) is 2.16. The van der Waals surface area contributed by atoms with Crippen LogP contribution in [0.5, 0.6) is 0 Å². The largest absolute Gasteiger partial charge is 0.481 e. The molecule has 0 radical (unpaired) electrons. The Bertz CT molecular complexity index is 323. The van der Waals surface area contributed by atoms with Gasteiger partial charge in [-0.05, 0) is 32.4 Å². The zero-order chi connectivity index (χ0) is 11.3. The summed E-state index contributed by atoms with van der Waals surface area (Å²) in [6.45, 7) is 3.97. The smallest absolute Gasteiger partial charge is 0.303 e. The lowest BCUT2D eigenvalue weighted by Gasteiger charge is -2.26. The van der Waals surface area contributed by atoms with Crippen molar-refractivity contribution in [3.05, 3.63) is 24.5 Å². The maximum absolute atomic E-state index is 10.5. The normalized spacial score (nSPS) is 11.1. The third-order valence-electron chi connectivity index (χ3n) is 2.13. The second kappa shape index (κ2) is 4.77. The van der Waals surface area contributed by atoms with Gasteiger partial charge in [-0.1, -0.05) is 0 Å². The fraction of sp³-hybridized carbons (Fsp3) is 0.455. The lowest BCUT2D eigenvalue weighted by atomic mass is 9.98. The number of nitrogens with one attached hydrogen (secondary N) is 1. The summed E-state index contributed by atoms with van der Waals surface area (Å²) >= 11 is 0. The molecule has 1 aromatic rings. The summed E-state index contributed by atoms with van der Waals surface area (Å²) in [7, 11) is 0. The first-order chi connectivity index (χ1) is 6.99. The lowest BCUT2D eigenvalue weighted by Crippen LogP contribution is -2.31. The van der Waals surface area contributed by atoms with Crippen molar-refractivity contribution in [2.75, 3.05) is 5.32 Å². The van der Waals surface area contributed by atoms with Crippen molar-refractivity contribution in [2.24, 2.45) is 0 Å². The molecular formula is C11H16N2O2. The maximum atomic E-state index is 10.5. The zero-order valence-electron chi connectivity index (χ0n) is 9.03. The van der Waals surface area contributed by atoms with E-state index in [1.807, 2.05) is 26.0 Å². The van der Waals surface area contributed by atoms with E-state index in [-0.39, 0.29) is 12.0 Å². The number of pyridine rings is 1. The van der Waals surface area contributed by atoms with Crippen molar-refractivity contribution in [3.63, 3.8) is 0 Å². The third kappa shape index (κ3) is 4.44. The molecule has 4 nitrogen and oxygen atoms in total. The molecule has 0 bridgehead atoms. The Morgan fingerprint density at radius 2 is 2.07 bits per heavy atom. The molecule has 0 saturated carbocycles. The van der Waals surface area contributed by atoms with Gasteiger partial charge in [-0.15, -0.1) is 0 Å². The molecule has 0 fully saturated rings. The van der Waals surface area contributed by atoms with E-state index >= 15 is 0 Å². The van der Waals surface area contributed by atoms with Gasteiger partial charge in [0.1, 0.15) is 0 Å². The van der Waals surface area contributed by atoms with Crippen molar-refractivity contribution in [1.29, 1.82) is 0 Å². The number of anilines is 1. The molecule has 0 spiro atoms. The molecule has 4 heteroatoms. The van der Waals surface area contributed by atoms with Crippen molar-refractivity contribution in [3.8, 4) is 0 Å². The Kier molecular flexibility index (Phi) is 3.66. The number of carbonyl (C=O) groups is 1. The molecule has 0 aromatic carbocycles. The Morgan fingerprint density at radius 3 is 2.60 bits per heavy atom. The first kappa shape index (κ1) is 11.5. The fourth-order valence-corrected chi connectivity index (χ4v) is 1.31. The van der Waals surface area contributed by atoms with Crippen LogP contribution in [0.4, 0.5) is 5.69 Å². The van der Waals surface area contributed by atoms with Crippen molar-refractivity contribution in [1.82, 2.24) is 4.98 Å². The standard InChI is InChI=1S/C11H16N2O2/c1-11(2,6-3-10(14)15)13-9-4-7-12-8-5-9/h4-5,7-8H,3,6H2,1-2H3,(H,12,13)(H,14,15). The van der Waals surface area contributed by atoms with E-state index in [0.29, 0.717) is 6.42 Å². The van der Waals surface area contributed by atoms with Crippen LogP contribution in [0.1, 0.15) is 26.7 Å². The number of carboxylic acids is 1. The lowest BCUT2D eigenvalue weighted by molar-refractivity contribution is -0.137. The SMILES string of the molecule is CC(C)(CCC(=O)O)Nc1ccncc1. The molecule has 2 N–H and O–H groups in total. The van der Waals surface area contributed by atoms with Crippen LogP contribution in [0.2, 0.25) is 0 Å². The summed E-state index contributed by atoms with van der Waals surface area (Å²) in [5, 5.41) is 11.9. The van der Waals surface area contributed by atoms with Gasteiger partial charge < -0.3 is 10.4 Å². The van der Waals surface area contributed by atoms with Crippen molar-refractivity contribution < 1.29 is 9.90 Å². The summed E-state index contributed by atoms with van der Waals surface area (Å²) in [5.41, 5.74) is 0.736. The Morgan fingerprint density at radius 1 is 1.47 bits per heavy atom. The molecule has 1 aromatic heterocycles. The Hall–Kier alpha value is -1.58. The van der Waals surface area contributed by atoms with E-state index in [0.717, 1.165) is 5.69 Å². The molecule has 15 heavy (non-hydrogen) atoms. The molecular weight excluding hydrogens is 192 g/mol. The molecule has 0 atom stereocenters. The quantitative estimate of drug-likeness (QED) is 0.778. The monoisotopic (exact) mass is 208 g/mol. The highest BCUT2D eigenvalue weighted by atomic mass is 16.4. The van der Waals surface area contributed by atoms with Crippen molar-refractivity contribution in [2.45, 2.75) is 32.2 Å². The van der Waals surface area contributed by atoms with Crippen LogP contribution in [0.3, 0.4) is 0 Å². The Balaban J connectivity index is 2.52. The molecule has 0 unspecified atom stereocenters. The molecule has 0 aliphatic heterocycles. The number of nitrogens with zero attached hydrogens (tertiary/aromatic N) is 1. The van der Waals surface area contributed by atoms with Gasteiger partial charge in [-0.25, -0.2) is 0 Å². The summed E-state index contributed by atoms with van der Waals surface area (Å²) in [4.78, 5) is 14.4. The average molecular weight is 208 g/mol. The summed E-state index contributed by atoms with van der Waals surface area (Å²) in [6, 6.07) is 3.73. The van der Waals surface area contributed by atoms with Gasteiger partial charge in [0.25, 0.3) is 0 Å². The first-order valence-corrected chi connectivity index (χ1v) is 4.90. The number of hydrogen-bond acceptors (Lipinski definition) is 3. The first-order valence-electron chi connectivity index (χ1n) is 4.90. The van der Waals surface area contributed by atoms with Crippen LogP contribution in [0.25, 0.3) is 0 Å². The number of aliphatic carboxylic acids is 1. The summed E-state index contributed by atoms with van der Waals surface area (Å²) in [6.07, 6.45) is 4.17. The molecule has 0 aliphatic carbocycles. The molecule has 0 saturated heterocycles. The van der Waals surface area contributed by atoms with Gasteiger partial charge in [0.2, 0.25) is 0 Å². The predicted molar refractivity (Wildman–Crippen MR) is 58.8 cm³/mol.